The van der Waals surface area contributed by atoms with Crippen LogP contribution in [0.5, 0.6) is 0 Å². The lowest BCUT2D eigenvalue weighted by Crippen LogP contribution is -2.16. The maximum atomic E-state index is 13.4. The van der Waals surface area contributed by atoms with Crippen molar-refractivity contribution in [1.29, 1.82) is 0 Å². The summed E-state index contributed by atoms with van der Waals surface area (Å²) in [5, 5.41) is 9.30. The number of halogens is 2. The first-order chi connectivity index (χ1) is 6.50. The van der Waals surface area contributed by atoms with Gasteiger partial charge in [0.2, 0.25) is 0 Å². The molecule has 2 unspecified atom stereocenters. The lowest BCUT2D eigenvalue weighted by atomic mass is 9.96. The topological polar surface area (TPSA) is 20.2 Å². The van der Waals surface area contributed by atoms with E-state index in [1.807, 2.05) is 13.0 Å². The van der Waals surface area contributed by atoms with Crippen LogP contribution in [-0.2, 0) is 6.42 Å². The Labute approximate surface area is 92.1 Å². The third kappa shape index (κ3) is 3.07. The summed E-state index contributed by atoms with van der Waals surface area (Å²) in [6.07, 6.45) is 0.162. The molecule has 2 atom stereocenters. The summed E-state index contributed by atoms with van der Waals surface area (Å²) in [6.45, 7) is 3.63. The Morgan fingerprint density at radius 3 is 2.57 bits per heavy atom. The van der Waals surface area contributed by atoms with Gasteiger partial charge in [-0.2, -0.15) is 0 Å². The molecule has 0 bridgehead atoms. The van der Waals surface area contributed by atoms with Gasteiger partial charge >= 0.3 is 0 Å². The normalized spacial score (nSPS) is 15.2. The molecule has 0 spiro atoms. The molecule has 0 saturated carbocycles. The molecule has 0 aliphatic rings. The van der Waals surface area contributed by atoms with Gasteiger partial charge in [0.25, 0.3) is 0 Å². The molecule has 0 amide bonds. The summed E-state index contributed by atoms with van der Waals surface area (Å²) in [7, 11) is 0. The molecular weight excluding hydrogens is 247 g/mol. The number of aliphatic hydroxyl groups excluding tert-OH is 1. The fraction of sp³-hybridized carbons (Fsp3) is 0.455. The predicted molar refractivity (Wildman–Crippen MR) is 58.6 cm³/mol. The van der Waals surface area contributed by atoms with Gasteiger partial charge in [-0.15, -0.1) is 0 Å². The molecule has 3 heteroatoms. The van der Waals surface area contributed by atoms with Crippen molar-refractivity contribution in [2.75, 3.05) is 0 Å². The van der Waals surface area contributed by atoms with Crippen LogP contribution >= 0.6 is 15.9 Å². The Kier molecular flexibility index (Phi) is 4.08. The second-order valence-corrected chi connectivity index (χ2v) is 4.57. The van der Waals surface area contributed by atoms with E-state index in [0.717, 1.165) is 4.47 Å². The highest BCUT2D eigenvalue weighted by Gasteiger charge is 2.12. The summed E-state index contributed by atoms with van der Waals surface area (Å²) in [5.74, 6) is -0.141. The molecular formula is C11H14BrFO. The smallest absolute Gasteiger partial charge is 0.127 e. The summed E-state index contributed by atoms with van der Waals surface area (Å²) < 4.78 is 14.1. The lowest BCUT2D eigenvalue weighted by Gasteiger charge is -2.14. The minimum atomic E-state index is -0.405. The molecule has 0 saturated heterocycles. The first-order valence-corrected chi connectivity index (χ1v) is 5.42. The largest absolute Gasteiger partial charge is 0.393 e. The molecule has 1 N–H and O–H groups in total. The highest BCUT2D eigenvalue weighted by atomic mass is 79.9. The summed E-state index contributed by atoms with van der Waals surface area (Å²) in [4.78, 5) is 0. The van der Waals surface area contributed by atoms with Crippen molar-refractivity contribution in [2.45, 2.75) is 26.4 Å². The third-order valence-corrected chi connectivity index (χ3v) is 2.87. The molecule has 14 heavy (non-hydrogen) atoms. The Morgan fingerprint density at radius 2 is 2.07 bits per heavy atom. The van der Waals surface area contributed by atoms with Crippen molar-refractivity contribution in [3.8, 4) is 0 Å². The SMILES string of the molecule is CC(O)C(C)Cc1ccc(Br)cc1F. The van der Waals surface area contributed by atoms with Gasteiger partial charge in [-0.1, -0.05) is 28.9 Å². The van der Waals surface area contributed by atoms with Crippen LogP contribution in [0.3, 0.4) is 0 Å². The van der Waals surface area contributed by atoms with E-state index >= 15 is 0 Å². The minimum absolute atomic E-state index is 0.0747. The van der Waals surface area contributed by atoms with Crippen LogP contribution in [0.15, 0.2) is 22.7 Å². The monoisotopic (exact) mass is 260 g/mol. The van der Waals surface area contributed by atoms with Crippen LogP contribution in [0, 0.1) is 11.7 Å². The summed E-state index contributed by atoms with van der Waals surface area (Å²) >= 11 is 3.20. The van der Waals surface area contributed by atoms with Gasteiger partial charge in [-0.25, -0.2) is 4.39 Å². The fourth-order valence-electron chi connectivity index (χ4n) is 1.20. The minimum Gasteiger partial charge on any atom is -0.393 e. The van der Waals surface area contributed by atoms with Crippen molar-refractivity contribution in [2.24, 2.45) is 5.92 Å². The van der Waals surface area contributed by atoms with E-state index in [1.54, 1.807) is 13.0 Å². The number of hydrogen-bond acceptors (Lipinski definition) is 1. The second-order valence-electron chi connectivity index (χ2n) is 3.66. The maximum absolute atomic E-state index is 13.4. The van der Waals surface area contributed by atoms with E-state index in [2.05, 4.69) is 15.9 Å². The average Bonchev–Trinajstić information content (AvgIpc) is 2.09. The molecule has 0 aliphatic heterocycles. The van der Waals surface area contributed by atoms with Crippen LogP contribution in [-0.4, -0.2) is 11.2 Å². The van der Waals surface area contributed by atoms with Crippen molar-refractivity contribution in [1.82, 2.24) is 0 Å². The zero-order valence-electron chi connectivity index (χ0n) is 8.30. The van der Waals surface area contributed by atoms with E-state index in [-0.39, 0.29) is 11.7 Å². The number of benzene rings is 1. The number of rotatable bonds is 3. The third-order valence-electron chi connectivity index (χ3n) is 2.38. The van der Waals surface area contributed by atoms with E-state index in [9.17, 15) is 9.50 Å². The summed E-state index contributed by atoms with van der Waals surface area (Å²) in [6, 6.07) is 5.01. The Morgan fingerprint density at radius 1 is 1.43 bits per heavy atom. The Hall–Kier alpha value is -0.410. The summed E-state index contributed by atoms with van der Waals surface area (Å²) in [5.41, 5.74) is 0.654. The standard InChI is InChI=1S/C11H14BrFO/c1-7(8(2)14)5-9-3-4-10(12)6-11(9)13/h3-4,6-8,14H,5H2,1-2H3. The van der Waals surface area contributed by atoms with E-state index in [0.29, 0.717) is 12.0 Å². The molecule has 0 fully saturated rings. The van der Waals surface area contributed by atoms with Crippen LogP contribution < -0.4 is 0 Å². The second kappa shape index (κ2) is 4.89. The van der Waals surface area contributed by atoms with Crippen molar-refractivity contribution in [3.05, 3.63) is 34.1 Å². The van der Waals surface area contributed by atoms with Gasteiger partial charge in [0.1, 0.15) is 5.82 Å². The van der Waals surface area contributed by atoms with Crippen LogP contribution in [0.2, 0.25) is 0 Å². The van der Waals surface area contributed by atoms with E-state index in [4.69, 9.17) is 0 Å². The van der Waals surface area contributed by atoms with Crippen molar-refractivity contribution >= 4 is 15.9 Å². The van der Waals surface area contributed by atoms with E-state index in [1.165, 1.54) is 6.07 Å². The molecule has 0 radical (unpaired) electrons. The van der Waals surface area contributed by atoms with Crippen LogP contribution in [0.1, 0.15) is 19.4 Å². The van der Waals surface area contributed by atoms with Gasteiger partial charge in [-0.05, 0) is 37.0 Å². The van der Waals surface area contributed by atoms with Gasteiger partial charge in [0.15, 0.2) is 0 Å². The first-order valence-electron chi connectivity index (χ1n) is 4.62. The maximum Gasteiger partial charge on any atom is 0.127 e. The number of aliphatic hydroxyl groups is 1. The Balaban J connectivity index is 2.77. The molecule has 78 valence electrons. The molecule has 1 aromatic rings. The fourth-order valence-corrected chi connectivity index (χ4v) is 1.54. The molecule has 1 aromatic carbocycles. The van der Waals surface area contributed by atoms with Crippen molar-refractivity contribution in [3.63, 3.8) is 0 Å². The zero-order valence-corrected chi connectivity index (χ0v) is 9.88. The highest BCUT2D eigenvalue weighted by Crippen LogP contribution is 2.19. The predicted octanol–water partition coefficient (Wildman–Crippen LogP) is 3.15. The quantitative estimate of drug-likeness (QED) is 0.886. The van der Waals surface area contributed by atoms with Crippen LogP contribution in [0.4, 0.5) is 4.39 Å². The molecule has 0 aromatic heterocycles. The van der Waals surface area contributed by atoms with Crippen molar-refractivity contribution < 1.29 is 9.50 Å². The van der Waals surface area contributed by atoms with Gasteiger partial charge < -0.3 is 5.11 Å². The van der Waals surface area contributed by atoms with E-state index < -0.39 is 6.10 Å². The molecule has 1 rings (SSSR count). The lowest BCUT2D eigenvalue weighted by molar-refractivity contribution is 0.134. The Bertz CT molecular complexity index is 312. The van der Waals surface area contributed by atoms with Gasteiger partial charge in [0.05, 0.1) is 6.10 Å². The average molecular weight is 261 g/mol. The zero-order chi connectivity index (χ0) is 10.7. The first kappa shape index (κ1) is 11.7. The van der Waals surface area contributed by atoms with Gasteiger partial charge in [-0.3, -0.25) is 0 Å². The molecule has 1 nitrogen and oxygen atoms in total. The highest BCUT2D eigenvalue weighted by molar-refractivity contribution is 9.10. The van der Waals surface area contributed by atoms with Gasteiger partial charge in [0, 0.05) is 4.47 Å². The van der Waals surface area contributed by atoms with Crippen LogP contribution in [0.25, 0.3) is 0 Å². The molecule has 0 heterocycles. The number of hydrogen-bond donors (Lipinski definition) is 1. The molecule has 0 aliphatic carbocycles.